The van der Waals surface area contributed by atoms with Crippen LogP contribution in [0.25, 0.3) is 0 Å². The van der Waals surface area contributed by atoms with Crippen molar-refractivity contribution < 1.29 is 31.5 Å². The number of rotatable bonds is 6. The lowest BCUT2D eigenvalue weighted by molar-refractivity contribution is -0.139. The highest BCUT2D eigenvalue weighted by molar-refractivity contribution is 7.89. The van der Waals surface area contributed by atoms with Crippen molar-refractivity contribution in [3.05, 3.63) is 35.9 Å². The molecule has 0 radical (unpaired) electrons. The zero-order valence-corrected chi connectivity index (χ0v) is 10.9. The second-order valence-corrected chi connectivity index (χ2v) is 5.83. The second kappa shape index (κ2) is 6.23. The summed E-state index contributed by atoms with van der Waals surface area (Å²) >= 11 is 0. The van der Waals surface area contributed by atoms with Crippen molar-refractivity contribution in [3.8, 4) is 0 Å². The molecule has 1 aromatic rings. The maximum atomic E-state index is 12.1. The Morgan fingerprint density at radius 1 is 1.25 bits per heavy atom. The summed E-state index contributed by atoms with van der Waals surface area (Å²) in [6.07, 6.45) is -5.17. The SMILES string of the molecule is O=C(O)[C@H](Cc1ccccc1)NS(=O)(=O)CC(F)(F)F. The summed E-state index contributed by atoms with van der Waals surface area (Å²) in [5.74, 6) is -3.65. The Bertz CT molecular complexity index is 557. The van der Waals surface area contributed by atoms with Gasteiger partial charge in [-0.25, -0.2) is 13.1 Å². The molecular weight excluding hydrogens is 299 g/mol. The van der Waals surface area contributed by atoms with Gasteiger partial charge in [-0.15, -0.1) is 0 Å². The predicted octanol–water partition coefficient (Wildman–Crippen LogP) is 1.16. The van der Waals surface area contributed by atoms with Gasteiger partial charge in [-0.1, -0.05) is 30.3 Å². The molecule has 0 amide bonds. The van der Waals surface area contributed by atoms with Gasteiger partial charge >= 0.3 is 12.1 Å². The molecule has 0 bridgehead atoms. The lowest BCUT2D eigenvalue weighted by atomic mass is 10.1. The molecule has 0 aliphatic heterocycles. The lowest BCUT2D eigenvalue weighted by Gasteiger charge is -2.15. The van der Waals surface area contributed by atoms with Crippen LogP contribution in [-0.4, -0.2) is 37.5 Å². The Kier molecular flexibility index (Phi) is 5.12. The molecule has 0 saturated carbocycles. The molecule has 1 aromatic carbocycles. The van der Waals surface area contributed by atoms with Crippen molar-refractivity contribution in [1.82, 2.24) is 4.72 Å². The van der Waals surface area contributed by atoms with Crippen LogP contribution in [0.2, 0.25) is 0 Å². The average molecular weight is 311 g/mol. The first kappa shape index (κ1) is 16.4. The number of carboxylic acid groups (broad SMARTS) is 1. The highest BCUT2D eigenvalue weighted by Gasteiger charge is 2.37. The molecule has 0 aliphatic rings. The Labute approximate surface area is 113 Å². The molecule has 1 atom stereocenters. The minimum Gasteiger partial charge on any atom is -0.480 e. The third-order valence-corrected chi connectivity index (χ3v) is 3.61. The number of carboxylic acids is 1. The van der Waals surface area contributed by atoms with Crippen LogP contribution in [0.5, 0.6) is 0 Å². The molecule has 9 heteroatoms. The Morgan fingerprint density at radius 2 is 1.80 bits per heavy atom. The average Bonchev–Trinajstić information content (AvgIpc) is 2.25. The summed E-state index contributed by atoms with van der Waals surface area (Å²) in [4.78, 5) is 10.9. The van der Waals surface area contributed by atoms with Crippen molar-refractivity contribution in [3.63, 3.8) is 0 Å². The highest BCUT2D eigenvalue weighted by atomic mass is 32.2. The highest BCUT2D eigenvalue weighted by Crippen LogP contribution is 2.17. The minimum absolute atomic E-state index is 0.243. The van der Waals surface area contributed by atoms with Gasteiger partial charge < -0.3 is 5.11 Å². The Balaban J connectivity index is 2.81. The van der Waals surface area contributed by atoms with E-state index in [9.17, 15) is 26.4 Å². The van der Waals surface area contributed by atoms with Gasteiger partial charge in [0.1, 0.15) is 6.04 Å². The smallest absolute Gasteiger partial charge is 0.404 e. The molecule has 2 N–H and O–H groups in total. The van der Waals surface area contributed by atoms with Crippen LogP contribution in [-0.2, 0) is 21.2 Å². The maximum absolute atomic E-state index is 12.1. The quantitative estimate of drug-likeness (QED) is 0.826. The van der Waals surface area contributed by atoms with E-state index in [1.165, 1.54) is 0 Å². The Hall–Kier alpha value is -1.61. The van der Waals surface area contributed by atoms with E-state index in [1.807, 2.05) is 0 Å². The second-order valence-electron chi connectivity index (χ2n) is 4.07. The largest absolute Gasteiger partial charge is 0.480 e. The van der Waals surface area contributed by atoms with Crippen molar-refractivity contribution in [2.75, 3.05) is 5.75 Å². The van der Waals surface area contributed by atoms with Crippen LogP contribution in [0.15, 0.2) is 30.3 Å². The molecule has 0 fully saturated rings. The van der Waals surface area contributed by atoms with Crippen molar-refractivity contribution >= 4 is 16.0 Å². The number of carbonyl (C=O) groups is 1. The van der Waals surface area contributed by atoms with E-state index in [0.717, 1.165) is 0 Å². The lowest BCUT2D eigenvalue weighted by Crippen LogP contribution is -2.45. The minimum atomic E-state index is -4.93. The van der Waals surface area contributed by atoms with Gasteiger partial charge in [-0.05, 0) is 12.0 Å². The third kappa shape index (κ3) is 6.02. The van der Waals surface area contributed by atoms with Crippen molar-refractivity contribution in [2.45, 2.75) is 18.6 Å². The molecule has 112 valence electrons. The van der Waals surface area contributed by atoms with E-state index < -0.39 is 34.0 Å². The molecule has 5 nitrogen and oxygen atoms in total. The fourth-order valence-corrected chi connectivity index (χ4v) is 2.63. The molecule has 1 rings (SSSR count). The summed E-state index contributed by atoms with van der Waals surface area (Å²) in [7, 11) is -4.76. The van der Waals surface area contributed by atoms with Crippen molar-refractivity contribution in [2.24, 2.45) is 0 Å². The summed E-state index contributed by atoms with van der Waals surface area (Å²) in [5.41, 5.74) is 0.495. The first-order valence-corrected chi connectivity index (χ1v) is 7.08. The Morgan fingerprint density at radius 3 is 2.25 bits per heavy atom. The van der Waals surface area contributed by atoms with Crippen molar-refractivity contribution in [1.29, 1.82) is 0 Å². The van der Waals surface area contributed by atoms with Crippen LogP contribution in [0, 0.1) is 0 Å². The van der Waals surface area contributed by atoms with Gasteiger partial charge in [0.25, 0.3) is 0 Å². The van der Waals surface area contributed by atoms with Gasteiger partial charge in [-0.2, -0.15) is 13.2 Å². The first-order chi connectivity index (χ1) is 9.09. The molecule has 0 heterocycles. The first-order valence-electron chi connectivity index (χ1n) is 5.42. The van der Waals surface area contributed by atoms with Gasteiger partial charge in [0.2, 0.25) is 10.0 Å². The normalized spacial score (nSPS) is 13.9. The standard InChI is InChI=1S/C11H12F3NO4S/c12-11(13,14)7-20(18,19)15-9(10(16)17)6-8-4-2-1-3-5-8/h1-5,9,15H,6-7H2,(H,16,17)/t9-/m0/s1. The zero-order valence-electron chi connectivity index (χ0n) is 10.1. The van der Waals surface area contributed by atoms with Crippen LogP contribution in [0.3, 0.4) is 0 Å². The van der Waals surface area contributed by atoms with E-state index in [1.54, 1.807) is 35.1 Å². The summed E-state index contributed by atoms with van der Waals surface area (Å²) in [6, 6.07) is 6.34. The van der Waals surface area contributed by atoms with E-state index in [0.29, 0.717) is 5.56 Å². The zero-order chi connectivity index (χ0) is 15.4. The molecule has 0 unspecified atom stereocenters. The van der Waals surface area contributed by atoms with E-state index in [2.05, 4.69) is 0 Å². The third-order valence-electron chi connectivity index (χ3n) is 2.26. The molecule has 0 spiro atoms. The molecule has 0 aromatic heterocycles. The van der Waals surface area contributed by atoms with Gasteiger partial charge in [0, 0.05) is 0 Å². The number of alkyl halides is 3. The van der Waals surface area contributed by atoms with Gasteiger partial charge in [-0.3, -0.25) is 4.79 Å². The molecular formula is C11H12F3NO4S. The maximum Gasteiger partial charge on any atom is 0.404 e. The number of nitrogens with one attached hydrogen (secondary N) is 1. The number of hydrogen-bond acceptors (Lipinski definition) is 3. The van der Waals surface area contributed by atoms with E-state index >= 15 is 0 Å². The summed E-state index contributed by atoms with van der Waals surface area (Å²) in [5, 5.41) is 8.89. The van der Waals surface area contributed by atoms with E-state index in [-0.39, 0.29) is 6.42 Å². The predicted molar refractivity (Wildman–Crippen MR) is 64.5 cm³/mol. The monoisotopic (exact) mass is 311 g/mol. The molecule has 0 saturated heterocycles. The van der Waals surface area contributed by atoms with Crippen LogP contribution >= 0.6 is 0 Å². The van der Waals surface area contributed by atoms with Crippen LogP contribution < -0.4 is 4.72 Å². The number of sulfonamides is 1. The van der Waals surface area contributed by atoms with Gasteiger partial charge in [0.15, 0.2) is 5.75 Å². The number of halogens is 3. The van der Waals surface area contributed by atoms with Gasteiger partial charge in [0.05, 0.1) is 0 Å². The van der Waals surface area contributed by atoms with Crippen LogP contribution in [0.1, 0.15) is 5.56 Å². The fourth-order valence-electron chi connectivity index (χ4n) is 1.50. The topological polar surface area (TPSA) is 83.5 Å². The molecule has 0 aliphatic carbocycles. The number of aliphatic carboxylic acids is 1. The number of benzene rings is 1. The number of hydrogen-bond donors (Lipinski definition) is 2. The van der Waals surface area contributed by atoms with Crippen LogP contribution in [0.4, 0.5) is 13.2 Å². The fraction of sp³-hybridized carbons (Fsp3) is 0.364. The van der Waals surface area contributed by atoms with E-state index in [4.69, 9.17) is 5.11 Å². The molecule has 20 heavy (non-hydrogen) atoms. The summed E-state index contributed by atoms with van der Waals surface area (Å²) in [6.45, 7) is 0. The summed E-state index contributed by atoms with van der Waals surface area (Å²) < 4.78 is 60.3.